The van der Waals surface area contributed by atoms with Crippen molar-refractivity contribution in [3.63, 3.8) is 0 Å². The van der Waals surface area contributed by atoms with Crippen LogP contribution in [-0.4, -0.2) is 9.97 Å². The first-order chi connectivity index (χ1) is 3.30. The minimum atomic E-state index is 0.910. The number of halogens is 1. The number of nitrogens with one attached hydrogen (secondary N) is 1. The summed E-state index contributed by atoms with van der Waals surface area (Å²) in [5.74, 6) is 0. The summed E-state index contributed by atoms with van der Waals surface area (Å²) in [4.78, 5) is 6.54. The van der Waals surface area contributed by atoms with Crippen molar-refractivity contribution in [3.05, 3.63) is 16.6 Å². The summed E-state index contributed by atoms with van der Waals surface area (Å²) in [6.45, 7) is 1.90. The Labute approximate surface area is 50.1 Å². The molecule has 3 heteroatoms. The van der Waals surface area contributed by atoms with E-state index in [0.717, 1.165) is 10.3 Å². The number of nitrogens with zero attached hydrogens (tertiary/aromatic N) is 1. The second kappa shape index (κ2) is 1.66. The van der Waals surface area contributed by atoms with Crippen LogP contribution in [0, 0.1) is 13.3 Å². The Balaban J connectivity index is 3.12. The van der Waals surface area contributed by atoms with Crippen LogP contribution in [0.2, 0.25) is 0 Å². The van der Waals surface area contributed by atoms with Gasteiger partial charge < -0.3 is 4.98 Å². The Hall–Kier alpha value is -0.310. The first-order valence-corrected chi connectivity index (χ1v) is 2.68. The number of aromatic nitrogens is 2. The van der Waals surface area contributed by atoms with E-state index in [4.69, 9.17) is 0 Å². The Morgan fingerprint density at radius 1 is 1.86 bits per heavy atom. The van der Waals surface area contributed by atoms with Crippen LogP contribution in [0.4, 0.5) is 0 Å². The van der Waals surface area contributed by atoms with Gasteiger partial charge in [-0.15, -0.1) is 0 Å². The topological polar surface area (TPSA) is 28.7 Å². The minimum Gasteiger partial charge on any atom is -0.330 e. The molecule has 37 valence electrons. The molecule has 0 saturated carbocycles. The molecule has 1 N–H and O–H groups in total. The molecule has 0 aliphatic carbocycles. The first kappa shape index (κ1) is 4.84. The maximum absolute atomic E-state index is 3.79. The largest absolute Gasteiger partial charge is 0.330 e. The zero-order valence-electron chi connectivity index (χ0n) is 3.83. The van der Waals surface area contributed by atoms with Gasteiger partial charge in [0.2, 0.25) is 0 Å². The van der Waals surface area contributed by atoms with Gasteiger partial charge in [-0.3, -0.25) is 0 Å². The van der Waals surface area contributed by atoms with E-state index < -0.39 is 0 Å². The highest BCUT2D eigenvalue weighted by Crippen LogP contribution is 2.06. The molecule has 0 aliphatic rings. The van der Waals surface area contributed by atoms with Crippen LogP contribution in [0.15, 0.2) is 4.60 Å². The fourth-order valence-corrected chi connectivity index (χ4v) is 0.478. The van der Waals surface area contributed by atoms with Gasteiger partial charge in [-0.2, -0.15) is 0 Å². The van der Waals surface area contributed by atoms with E-state index in [9.17, 15) is 0 Å². The van der Waals surface area contributed by atoms with Gasteiger partial charge >= 0.3 is 0 Å². The lowest BCUT2D eigenvalue weighted by Gasteiger charge is -1.76. The number of rotatable bonds is 0. The molecule has 0 saturated heterocycles. The van der Waals surface area contributed by atoms with Crippen LogP contribution in [0.5, 0.6) is 0 Å². The lowest BCUT2D eigenvalue weighted by molar-refractivity contribution is 1.24. The molecule has 1 heterocycles. The molecule has 0 bridgehead atoms. The van der Waals surface area contributed by atoms with Crippen LogP contribution in [0.1, 0.15) is 5.69 Å². The zero-order valence-corrected chi connectivity index (χ0v) is 5.41. The summed E-state index contributed by atoms with van der Waals surface area (Å²) in [5.41, 5.74) is 0.944. The smallest absolute Gasteiger partial charge is 0.174 e. The van der Waals surface area contributed by atoms with Crippen LogP contribution in [0.3, 0.4) is 0 Å². The Kier molecular flexibility index (Phi) is 1.15. The van der Waals surface area contributed by atoms with Gasteiger partial charge in [0.25, 0.3) is 0 Å². The van der Waals surface area contributed by atoms with E-state index >= 15 is 0 Å². The highest BCUT2D eigenvalue weighted by atomic mass is 79.9. The molecule has 0 aliphatic heterocycles. The zero-order chi connectivity index (χ0) is 5.28. The third-order valence-corrected chi connectivity index (χ3v) is 1.48. The van der Waals surface area contributed by atoms with E-state index in [-0.39, 0.29) is 0 Å². The Bertz CT molecular complexity index is 142. The molecule has 1 radical (unpaired) electrons. The van der Waals surface area contributed by atoms with Crippen molar-refractivity contribution >= 4 is 15.9 Å². The number of aryl methyl sites for hydroxylation is 1. The van der Waals surface area contributed by atoms with Crippen molar-refractivity contribution in [3.8, 4) is 0 Å². The molecule has 0 amide bonds. The molecular weight excluding hydrogens is 156 g/mol. The standard InChI is InChI=1S/C4H4BrN2/c1-3-4(5)7-2-6-3/h1H3,(H,6,7). The number of hydrogen-bond acceptors (Lipinski definition) is 1. The third kappa shape index (κ3) is 0.825. The molecule has 7 heavy (non-hydrogen) atoms. The fraction of sp³-hybridized carbons (Fsp3) is 0.250. The average Bonchev–Trinajstić information content (AvgIpc) is 1.91. The maximum Gasteiger partial charge on any atom is 0.174 e. The number of aromatic amines is 1. The molecule has 1 rings (SSSR count). The quantitative estimate of drug-likeness (QED) is 0.608. The van der Waals surface area contributed by atoms with Crippen molar-refractivity contribution in [1.82, 2.24) is 9.97 Å². The fourth-order valence-electron chi connectivity index (χ4n) is 0.300. The predicted molar refractivity (Wildman–Crippen MR) is 29.9 cm³/mol. The molecule has 0 spiro atoms. The average molecular weight is 160 g/mol. The third-order valence-electron chi connectivity index (χ3n) is 0.707. The predicted octanol–water partition coefficient (Wildman–Crippen LogP) is 1.28. The summed E-state index contributed by atoms with van der Waals surface area (Å²) < 4.78 is 0.910. The van der Waals surface area contributed by atoms with Gasteiger partial charge in [0.15, 0.2) is 6.33 Å². The minimum absolute atomic E-state index is 0.910. The highest BCUT2D eigenvalue weighted by molar-refractivity contribution is 9.10. The van der Waals surface area contributed by atoms with Crippen LogP contribution in [0.25, 0.3) is 0 Å². The number of hydrogen-bond donors (Lipinski definition) is 1. The molecule has 1 aromatic rings. The second-order valence-electron chi connectivity index (χ2n) is 1.25. The van der Waals surface area contributed by atoms with Gasteiger partial charge in [-0.25, -0.2) is 4.98 Å². The van der Waals surface area contributed by atoms with E-state index in [1.165, 1.54) is 0 Å². The van der Waals surface area contributed by atoms with E-state index in [2.05, 4.69) is 32.2 Å². The summed E-state index contributed by atoms with van der Waals surface area (Å²) in [6.07, 6.45) is 2.58. The SMILES string of the molecule is Cc1n[c][nH]c1Br. The normalized spacial score (nSPS) is 9.43. The lowest BCUT2D eigenvalue weighted by atomic mass is 10.6. The summed E-state index contributed by atoms with van der Waals surface area (Å²) in [6, 6.07) is 0. The van der Waals surface area contributed by atoms with Crippen molar-refractivity contribution in [2.24, 2.45) is 0 Å². The number of imidazole rings is 1. The summed E-state index contributed by atoms with van der Waals surface area (Å²) in [7, 11) is 0. The highest BCUT2D eigenvalue weighted by Gasteiger charge is 1.90. The van der Waals surface area contributed by atoms with Crippen LogP contribution >= 0.6 is 15.9 Å². The van der Waals surface area contributed by atoms with Gasteiger partial charge in [-0.05, 0) is 22.9 Å². The molecule has 2 nitrogen and oxygen atoms in total. The molecule has 0 atom stereocenters. The second-order valence-corrected chi connectivity index (χ2v) is 2.04. The molecule has 1 aromatic heterocycles. The van der Waals surface area contributed by atoms with E-state index in [1.807, 2.05) is 6.92 Å². The lowest BCUT2D eigenvalue weighted by Crippen LogP contribution is -1.65. The first-order valence-electron chi connectivity index (χ1n) is 1.89. The molecular formula is C4H4BrN2. The summed E-state index contributed by atoms with van der Waals surface area (Å²) >= 11 is 3.22. The van der Waals surface area contributed by atoms with E-state index in [1.54, 1.807) is 0 Å². The molecule has 0 aromatic carbocycles. The van der Waals surface area contributed by atoms with E-state index in [0.29, 0.717) is 0 Å². The van der Waals surface area contributed by atoms with Gasteiger partial charge in [0.05, 0.1) is 5.69 Å². The van der Waals surface area contributed by atoms with Crippen LogP contribution < -0.4 is 0 Å². The van der Waals surface area contributed by atoms with Crippen molar-refractivity contribution in [2.45, 2.75) is 6.92 Å². The molecule has 0 unspecified atom stereocenters. The maximum atomic E-state index is 3.79. The van der Waals surface area contributed by atoms with Crippen LogP contribution in [-0.2, 0) is 0 Å². The van der Waals surface area contributed by atoms with Crippen molar-refractivity contribution in [2.75, 3.05) is 0 Å². The van der Waals surface area contributed by atoms with Crippen molar-refractivity contribution in [1.29, 1.82) is 0 Å². The summed E-state index contributed by atoms with van der Waals surface area (Å²) in [5, 5.41) is 0. The van der Waals surface area contributed by atoms with Gasteiger partial charge in [0.1, 0.15) is 4.60 Å². The van der Waals surface area contributed by atoms with Gasteiger partial charge in [-0.1, -0.05) is 0 Å². The Morgan fingerprint density at radius 3 is 2.71 bits per heavy atom. The monoisotopic (exact) mass is 159 g/mol. The van der Waals surface area contributed by atoms with Crippen molar-refractivity contribution < 1.29 is 0 Å². The molecule has 0 fully saturated rings. The Morgan fingerprint density at radius 2 is 2.57 bits per heavy atom. The van der Waals surface area contributed by atoms with Gasteiger partial charge in [0, 0.05) is 0 Å². The number of H-pyrrole nitrogens is 1.